The zero-order chi connectivity index (χ0) is 17.8. The average Bonchev–Trinajstić information content (AvgIpc) is 2.91. The van der Waals surface area contributed by atoms with Crippen molar-refractivity contribution < 1.29 is 14.0 Å². The molecule has 2 aromatic rings. The molecule has 6 heteroatoms. The maximum atomic E-state index is 12.8. The van der Waals surface area contributed by atoms with E-state index in [0.717, 1.165) is 12.1 Å². The Morgan fingerprint density at radius 3 is 2.60 bits per heavy atom. The Morgan fingerprint density at radius 2 is 1.84 bits per heavy atom. The fourth-order valence-corrected chi connectivity index (χ4v) is 3.00. The summed E-state index contributed by atoms with van der Waals surface area (Å²) in [5.41, 5.74) is 2.79. The molecule has 0 aromatic heterocycles. The third-order valence-corrected chi connectivity index (χ3v) is 4.24. The highest BCUT2D eigenvalue weighted by Gasteiger charge is 2.26. The molecule has 1 atom stereocenters. The fourth-order valence-electron chi connectivity index (χ4n) is 3.00. The summed E-state index contributed by atoms with van der Waals surface area (Å²) >= 11 is 0. The van der Waals surface area contributed by atoms with E-state index in [1.54, 1.807) is 0 Å². The van der Waals surface area contributed by atoms with E-state index in [4.69, 9.17) is 0 Å². The lowest BCUT2D eigenvalue weighted by Gasteiger charge is -2.24. The molecule has 1 aliphatic rings. The van der Waals surface area contributed by atoms with E-state index in [1.807, 2.05) is 23.1 Å². The molecule has 25 heavy (non-hydrogen) atoms. The summed E-state index contributed by atoms with van der Waals surface area (Å²) in [7, 11) is 0. The van der Waals surface area contributed by atoms with E-state index in [0.29, 0.717) is 5.69 Å². The lowest BCUT2D eigenvalue weighted by Crippen LogP contribution is -2.42. The van der Waals surface area contributed by atoms with Crippen molar-refractivity contribution in [3.8, 4) is 0 Å². The molecule has 0 saturated heterocycles. The molecule has 130 valence electrons. The van der Waals surface area contributed by atoms with Crippen LogP contribution in [0.2, 0.25) is 0 Å². The van der Waals surface area contributed by atoms with Crippen molar-refractivity contribution in [1.82, 2.24) is 5.32 Å². The standard InChI is InChI=1S/C19H20FN3O2/c1-13-10-14-4-2-3-5-17(14)23(13)12-19(25)21-11-18(24)22-16-8-6-15(20)7-9-16/h2-9,13H,10-12H2,1H3,(H,21,25)(H,22,24)/t13-/m0/s1. The van der Waals surface area contributed by atoms with Crippen molar-refractivity contribution in [1.29, 1.82) is 0 Å². The van der Waals surface area contributed by atoms with Gasteiger partial charge in [0.15, 0.2) is 0 Å². The van der Waals surface area contributed by atoms with Gasteiger partial charge >= 0.3 is 0 Å². The molecule has 5 nitrogen and oxygen atoms in total. The van der Waals surface area contributed by atoms with Gasteiger partial charge in [0.25, 0.3) is 0 Å². The van der Waals surface area contributed by atoms with E-state index in [9.17, 15) is 14.0 Å². The second kappa shape index (κ2) is 7.34. The molecule has 1 aliphatic heterocycles. The molecule has 0 radical (unpaired) electrons. The van der Waals surface area contributed by atoms with Gasteiger partial charge in [0.1, 0.15) is 5.82 Å². The Balaban J connectivity index is 1.50. The van der Waals surface area contributed by atoms with Crippen molar-refractivity contribution in [2.24, 2.45) is 0 Å². The van der Waals surface area contributed by atoms with Crippen molar-refractivity contribution in [3.63, 3.8) is 0 Å². The minimum atomic E-state index is -0.369. The summed E-state index contributed by atoms with van der Waals surface area (Å²) in [6, 6.07) is 13.7. The summed E-state index contributed by atoms with van der Waals surface area (Å²) in [5, 5.41) is 5.23. The van der Waals surface area contributed by atoms with Crippen LogP contribution in [0, 0.1) is 5.82 Å². The zero-order valence-corrected chi connectivity index (χ0v) is 14.0. The number of amides is 2. The number of para-hydroxylation sites is 1. The minimum Gasteiger partial charge on any atom is -0.359 e. The number of hydrogen-bond donors (Lipinski definition) is 2. The van der Waals surface area contributed by atoms with Crippen molar-refractivity contribution in [2.45, 2.75) is 19.4 Å². The van der Waals surface area contributed by atoms with Crippen LogP contribution in [0.3, 0.4) is 0 Å². The second-order valence-electron chi connectivity index (χ2n) is 6.14. The van der Waals surface area contributed by atoms with Gasteiger partial charge in [-0.1, -0.05) is 18.2 Å². The molecule has 2 amide bonds. The number of hydrogen-bond acceptors (Lipinski definition) is 3. The van der Waals surface area contributed by atoms with Crippen LogP contribution in [0.5, 0.6) is 0 Å². The van der Waals surface area contributed by atoms with E-state index < -0.39 is 0 Å². The summed E-state index contributed by atoms with van der Waals surface area (Å²) in [6.07, 6.45) is 0.911. The Labute approximate surface area is 145 Å². The van der Waals surface area contributed by atoms with Gasteiger partial charge in [-0.25, -0.2) is 4.39 Å². The molecule has 0 unspecified atom stereocenters. The third-order valence-electron chi connectivity index (χ3n) is 4.24. The predicted molar refractivity (Wildman–Crippen MR) is 95.0 cm³/mol. The van der Waals surface area contributed by atoms with Gasteiger partial charge in [-0.05, 0) is 49.2 Å². The van der Waals surface area contributed by atoms with Crippen molar-refractivity contribution in [2.75, 3.05) is 23.3 Å². The molecule has 0 bridgehead atoms. The highest BCUT2D eigenvalue weighted by atomic mass is 19.1. The van der Waals surface area contributed by atoms with Crippen LogP contribution in [0.1, 0.15) is 12.5 Å². The van der Waals surface area contributed by atoms with E-state index in [-0.39, 0.29) is 36.8 Å². The highest BCUT2D eigenvalue weighted by Crippen LogP contribution is 2.31. The van der Waals surface area contributed by atoms with Crippen LogP contribution in [-0.2, 0) is 16.0 Å². The Kier molecular flexibility index (Phi) is 4.97. The molecular weight excluding hydrogens is 321 g/mol. The highest BCUT2D eigenvalue weighted by molar-refractivity contribution is 5.95. The average molecular weight is 341 g/mol. The Morgan fingerprint density at radius 1 is 1.12 bits per heavy atom. The number of fused-ring (bicyclic) bond motifs is 1. The number of nitrogens with zero attached hydrogens (tertiary/aromatic N) is 1. The molecule has 3 rings (SSSR count). The van der Waals surface area contributed by atoms with Crippen LogP contribution in [0.25, 0.3) is 0 Å². The van der Waals surface area contributed by atoms with E-state index in [1.165, 1.54) is 29.8 Å². The maximum Gasteiger partial charge on any atom is 0.243 e. The number of carbonyl (C=O) groups excluding carboxylic acids is 2. The van der Waals surface area contributed by atoms with Crippen LogP contribution in [0.15, 0.2) is 48.5 Å². The van der Waals surface area contributed by atoms with Gasteiger partial charge < -0.3 is 15.5 Å². The topological polar surface area (TPSA) is 61.4 Å². The number of nitrogens with one attached hydrogen (secondary N) is 2. The van der Waals surface area contributed by atoms with Gasteiger partial charge in [-0.15, -0.1) is 0 Å². The normalized spacial score (nSPS) is 15.6. The molecule has 0 fully saturated rings. The molecule has 2 aromatic carbocycles. The van der Waals surface area contributed by atoms with Gasteiger partial charge in [-0.2, -0.15) is 0 Å². The first-order chi connectivity index (χ1) is 12.0. The largest absolute Gasteiger partial charge is 0.359 e. The molecule has 0 spiro atoms. The van der Waals surface area contributed by atoms with Crippen molar-refractivity contribution in [3.05, 3.63) is 59.9 Å². The number of carbonyl (C=O) groups is 2. The lowest BCUT2D eigenvalue weighted by atomic mass is 10.1. The number of rotatable bonds is 5. The summed E-state index contributed by atoms with van der Waals surface area (Å²) in [5.74, 6) is -0.932. The first-order valence-corrected chi connectivity index (χ1v) is 8.19. The first kappa shape index (κ1) is 17.0. The smallest absolute Gasteiger partial charge is 0.243 e. The van der Waals surface area contributed by atoms with Crippen LogP contribution < -0.4 is 15.5 Å². The van der Waals surface area contributed by atoms with E-state index >= 15 is 0 Å². The Bertz CT molecular complexity index is 776. The van der Waals surface area contributed by atoms with Gasteiger partial charge in [0.05, 0.1) is 13.1 Å². The van der Waals surface area contributed by atoms with Crippen molar-refractivity contribution >= 4 is 23.2 Å². The molecule has 0 saturated carbocycles. The van der Waals surface area contributed by atoms with E-state index in [2.05, 4.69) is 23.6 Å². The molecular formula is C19H20FN3O2. The van der Waals surface area contributed by atoms with Gasteiger partial charge in [0.2, 0.25) is 11.8 Å². The monoisotopic (exact) mass is 341 g/mol. The number of benzene rings is 2. The SMILES string of the molecule is C[C@H]1Cc2ccccc2N1CC(=O)NCC(=O)Nc1ccc(F)cc1. The fraction of sp³-hybridized carbons (Fsp3) is 0.263. The van der Waals surface area contributed by atoms with Crippen LogP contribution in [-0.4, -0.2) is 30.9 Å². The predicted octanol–water partition coefficient (Wildman–Crippen LogP) is 2.33. The van der Waals surface area contributed by atoms with Crippen LogP contribution >= 0.6 is 0 Å². The van der Waals surface area contributed by atoms with Crippen LogP contribution in [0.4, 0.5) is 15.8 Å². The second-order valence-corrected chi connectivity index (χ2v) is 6.14. The molecule has 2 N–H and O–H groups in total. The number of halogens is 1. The third kappa shape index (κ3) is 4.15. The Hall–Kier alpha value is -2.89. The lowest BCUT2D eigenvalue weighted by molar-refractivity contribution is -0.123. The summed E-state index contributed by atoms with van der Waals surface area (Å²) < 4.78 is 12.8. The van der Waals surface area contributed by atoms with Gasteiger partial charge in [-0.3, -0.25) is 9.59 Å². The summed E-state index contributed by atoms with van der Waals surface area (Å²) in [4.78, 5) is 26.1. The quantitative estimate of drug-likeness (QED) is 0.877. The van der Waals surface area contributed by atoms with Gasteiger partial charge in [0, 0.05) is 17.4 Å². The summed E-state index contributed by atoms with van der Waals surface area (Å²) in [6.45, 7) is 2.16. The first-order valence-electron chi connectivity index (χ1n) is 8.19. The molecule has 0 aliphatic carbocycles. The maximum absolute atomic E-state index is 12.8. The molecule has 1 heterocycles. The zero-order valence-electron chi connectivity index (χ0n) is 14.0. The minimum absolute atomic E-state index is 0.125. The number of anilines is 2.